The van der Waals surface area contributed by atoms with Gasteiger partial charge in [-0.1, -0.05) is 12.1 Å². The molecule has 1 aromatic rings. The second-order valence-electron chi connectivity index (χ2n) is 2.70. The van der Waals surface area contributed by atoms with Crippen molar-refractivity contribution in [2.45, 2.75) is 6.61 Å². The molecule has 0 radical (unpaired) electrons. The predicted molar refractivity (Wildman–Crippen MR) is 56.2 cm³/mol. The topological polar surface area (TPSA) is 35.5 Å². The number of halogens is 1. The van der Waals surface area contributed by atoms with Gasteiger partial charge in [0.2, 0.25) is 0 Å². The Hall–Kier alpha value is -0.870. The van der Waals surface area contributed by atoms with Gasteiger partial charge in [0.25, 0.3) is 0 Å². The van der Waals surface area contributed by atoms with Crippen molar-refractivity contribution in [3.05, 3.63) is 33.8 Å². The lowest BCUT2D eigenvalue weighted by atomic mass is 10.1. The van der Waals surface area contributed by atoms with E-state index in [9.17, 15) is 4.79 Å². The van der Waals surface area contributed by atoms with Gasteiger partial charge in [0.1, 0.15) is 0 Å². The Kier molecular flexibility index (Phi) is 4.10. The molecule has 1 rings (SSSR count). The molecule has 0 saturated heterocycles. The van der Waals surface area contributed by atoms with Crippen LogP contribution < -0.4 is 0 Å². The highest BCUT2D eigenvalue weighted by Crippen LogP contribution is 2.23. The van der Waals surface area contributed by atoms with Crippen molar-refractivity contribution in [1.82, 2.24) is 0 Å². The zero-order valence-corrected chi connectivity index (χ0v) is 9.63. The fourth-order valence-corrected chi connectivity index (χ4v) is 1.66. The second kappa shape index (κ2) is 5.12. The van der Waals surface area contributed by atoms with Crippen molar-refractivity contribution in [3.63, 3.8) is 0 Å². The minimum atomic E-state index is -0.352. The Bertz CT molecular complexity index is 336. The maximum atomic E-state index is 11.3. The molecule has 0 amide bonds. The first-order chi connectivity index (χ1) is 6.70. The van der Waals surface area contributed by atoms with Crippen LogP contribution in [0.5, 0.6) is 0 Å². The highest BCUT2D eigenvalue weighted by molar-refractivity contribution is 9.10. The average molecular weight is 259 g/mol. The molecular formula is C10H11BrO3. The maximum Gasteiger partial charge on any atom is 0.339 e. The van der Waals surface area contributed by atoms with Gasteiger partial charge in [-0.05, 0) is 27.6 Å². The summed E-state index contributed by atoms with van der Waals surface area (Å²) in [6.07, 6.45) is 0. The Labute approximate surface area is 91.1 Å². The predicted octanol–water partition coefficient (Wildman–Crippen LogP) is 2.38. The second-order valence-corrected chi connectivity index (χ2v) is 3.50. The summed E-state index contributed by atoms with van der Waals surface area (Å²) < 4.78 is 10.4. The van der Waals surface area contributed by atoms with Crippen LogP contribution in [0.3, 0.4) is 0 Å². The molecule has 0 atom stereocenters. The molecule has 0 aliphatic heterocycles. The highest BCUT2D eigenvalue weighted by atomic mass is 79.9. The maximum absolute atomic E-state index is 11.3. The van der Waals surface area contributed by atoms with Crippen molar-refractivity contribution < 1.29 is 14.3 Å². The van der Waals surface area contributed by atoms with Crippen LogP contribution in [-0.2, 0) is 16.1 Å². The van der Waals surface area contributed by atoms with E-state index in [1.54, 1.807) is 19.2 Å². The summed E-state index contributed by atoms with van der Waals surface area (Å²) >= 11 is 3.34. The summed E-state index contributed by atoms with van der Waals surface area (Å²) in [5, 5.41) is 0. The summed E-state index contributed by atoms with van der Waals surface area (Å²) in [7, 11) is 2.97. The van der Waals surface area contributed by atoms with Crippen molar-refractivity contribution in [2.24, 2.45) is 0 Å². The molecule has 14 heavy (non-hydrogen) atoms. The van der Waals surface area contributed by atoms with Gasteiger partial charge in [-0.2, -0.15) is 0 Å². The molecule has 0 aromatic heterocycles. The Morgan fingerprint density at radius 3 is 2.71 bits per heavy atom. The van der Waals surface area contributed by atoms with E-state index in [0.717, 1.165) is 10.0 Å². The number of hydrogen-bond donors (Lipinski definition) is 0. The first-order valence-electron chi connectivity index (χ1n) is 4.05. The standard InChI is InChI=1S/C10H11BrO3/c1-13-6-7-4-3-5-8(9(7)11)10(12)14-2/h3-5H,6H2,1-2H3. The first kappa shape index (κ1) is 11.2. The van der Waals surface area contributed by atoms with Crippen LogP contribution in [0.2, 0.25) is 0 Å². The molecule has 0 bridgehead atoms. The van der Waals surface area contributed by atoms with Crippen molar-refractivity contribution >= 4 is 21.9 Å². The van der Waals surface area contributed by atoms with E-state index in [2.05, 4.69) is 20.7 Å². The highest BCUT2D eigenvalue weighted by Gasteiger charge is 2.12. The third-order valence-corrected chi connectivity index (χ3v) is 2.72. The molecule has 1 aromatic carbocycles. The number of benzene rings is 1. The van der Waals surface area contributed by atoms with Crippen LogP contribution in [0.1, 0.15) is 15.9 Å². The number of carbonyl (C=O) groups is 1. The summed E-state index contributed by atoms with van der Waals surface area (Å²) in [4.78, 5) is 11.3. The molecule has 3 nitrogen and oxygen atoms in total. The Morgan fingerprint density at radius 2 is 2.14 bits per heavy atom. The molecule has 76 valence electrons. The van der Waals surface area contributed by atoms with E-state index in [-0.39, 0.29) is 5.97 Å². The van der Waals surface area contributed by atoms with E-state index in [1.807, 2.05) is 6.07 Å². The zero-order chi connectivity index (χ0) is 10.6. The van der Waals surface area contributed by atoms with E-state index in [0.29, 0.717) is 12.2 Å². The SMILES string of the molecule is COCc1cccc(C(=O)OC)c1Br. The number of rotatable bonds is 3. The monoisotopic (exact) mass is 258 g/mol. The first-order valence-corrected chi connectivity index (χ1v) is 4.84. The van der Waals surface area contributed by atoms with E-state index in [4.69, 9.17) is 4.74 Å². The number of carbonyl (C=O) groups excluding carboxylic acids is 1. The van der Waals surface area contributed by atoms with E-state index < -0.39 is 0 Å². The molecule has 0 aliphatic carbocycles. The third kappa shape index (κ3) is 2.33. The molecule has 0 spiro atoms. The van der Waals surface area contributed by atoms with Crippen LogP contribution in [0.15, 0.2) is 22.7 Å². The lowest BCUT2D eigenvalue weighted by Crippen LogP contribution is -2.04. The van der Waals surface area contributed by atoms with Gasteiger partial charge in [0.15, 0.2) is 0 Å². The van der Waals surface area contributed by atoms with Crippen molar-refractivity contribution in [2.75, 3.05) is 14.2 Å². The Morgan fingerprint density at radius 1 is 1.43 bits per heavy atom. The normalized spacial score (nSPS) is 9.93. The Balaban J connectivity index is 3.07. The molecular weight excluding hydrogens is 248 g/mol. The van der Waals surface area contributed by atoms with Crippen LogP contribution in [0, 0.1) is 0 Å². The molecule has 0 unspecified atom stereocenters. The quantitative estimate of drug-likeness (QED) is 0.782. The van der Waals surface area contributed by atoms with Gasteiger partial charge in [-0.15, -0.1) is 0 Å². The minimum Gasteiger partial charge on any atom is -0.465 e. The molecule has 0 fully saturated rings. The summed E-state index contributed by atoms with van der Waals surface area (Å²) in [5.74, 6) is -0.352. The van der Waals surface area contributed by atoms with Crippen LogP contribution in [-0.4, -0.2) is 20.2 Å². The largest absolute Gasteiger partial charge is 0.465 e. The number of methoxy groups -OCH3 is 2. The van der Waals surface area contributed by atoms with Gasteiger partial charge in [-0.25, -0.2) is 4.79 Å². The molecule has 0 heterocycles. The molecule has 0 aliphatic rings. The fourth-order valence-electron chi connectivity index (χ4n) is 1.11. The van der Waals surface area contributed by atoms with E-state index >= 15 is 0 Å². The molecule has 4 heteroatoms. The minimum absolute atomic E-state index is 0.352. The summed E-state index contributed by atoms with van der Waals surface area (Å²) in [6.45, 7) is 0.464. The van der Waals surface area contributed by atoms with Gasteiger partial charge in [0.05, 0.1) is 19.3 Å². The number of ether oxygens (including phenoxy) is 2. The smallest absolute Gasteiger partial charge is 0.339 e. The zero-order valence-electron chi connectivity index (χ0n) is 8.04. The number of esters is 1. The summed E-state index contributed by atoms with van der Waals surface area (Å²) in [6, 6.07) is 5.39. The molecule has 0 saturated carbocycles. The van der Waals surface area contributed by atoms with Crippen LogP contribution in [0.4, 0.5) is 0 Å². The van der Waals surface area contributed by atoms with Crippen LogP contribution >= 0.6 is 15.9 Å². The van der Waals surface area contributed by atoms with Gasteiger partial charge >= 0.3 is 5.97 Å². The summed E-state index contributed by atoms with van der Waals surface area (Å²) in [5.41, 5.74) is 1.44. The third-order valence-electron chi connectivity index (χ3n) is 1.78. The van der Waals surface area contributed by atoms with Gasteiger partial charge < -0.3 is 9.47 Å². The lowest BCUT2D eigenvalue weighted by Gasteiger charge is -2.07. The number of hydrogen-bond acceptors (Lipinski definition) is 3. The van der Waals surface area contributed by atoms with Crippen molar-refractivity contribution in [3.8, 4) is 0 Å². The van der Waals surface area contributed by atoms with Crippen molar-refractivity contribution in [1.29, 1.82) is 0 Å². The lowest BCUT2D eigenvalue weighted by molar-refractivity contribution is 0.0599. The molecule has 0 N–H and O–H groups in total. The average Bonchev–Trinajstić information content (AvgIpc) is 2.20. The van der Waals surface area contributed by atoms with E-state index in [1.165, 1.54) is 7.11 Å². The van der Waals surface area contributed by atoms with Gasteiger partial charge in [0, 0.05) is 11.6 Å². The fraction of sp³-hybridized carbons (Fsp3) is 0.300. The van der Waals surface area contributed by atoms with Crippen LogP contribution in [0.25, 0.3) is 0 Å². The van der Waals surface area contributed by atoms with Gasteiger partial charge in [-0.3, -0.25) is 0 Å².